The first kappa shape index (κ1) is 15.9. The molecule has 1 aliphatic heterocycles. The van der Waals surface area contributed by atoms with Crippen LogP contribution in [0.25, 0.3) is 0 Å². The zero-order valence-electron chi connectivity index (χ0n) is 11.5. The van der Waals surface area contributed by atoms with Crippen LogP contribution in [-0.2, 0) is 0 Å². The summed E-state index contributed by atoms with van der Waals surface area (Å²) in [7, 11) is 3.95. The Labute approximate surface area is 136 Å². The molecule has 0 bridgehead atoms. The highest BCUT2D eigenvalue weighted by Crippen LogP contribution is 2.25. The highest BCUT2D eigenvalue weighted by atomic mass is 79.9. The van der Waals surface area contributed by atoms with Gasteiger partial charge in [0, 0.05) is 33.6 Å². The van der Waals surface area contributed by atoms with Crippen LogP contribution in [0.3, 0.4) is 0 Å². The smallest absolute Gasteiger partial charge is 0.254 e. The first-order chi connectivity index (χ1) is 9.36. The van der Waals surface area contributed by atoms with Gasteiger partial charge in [0.2, 0.25) is 0 Å². The van der Waals surface area contributed by atoms with Gasteiger partial charge < -0.3 is 14.9 Å². The van der Waals surface area contributed by atoms with E-state index in [0.29, 0.717) is 18.5 Å². The molecule has 1 saturated heterocycles. The van der Waals surface area contributed by atoms with E-state index in [0.717, 1.165) is 15.5 Å². The molecule has 1 aromatic carbocycles. The molecule has 0 spiro atoms. The zero-order valence-corrected chi connectivity index (χ0v) is 14.7. The van der Waals surface area contributed by atoms with Crippen LogP contribution in [-0.4, -0.2) is 60.1 Å². The second kappa shape index (κ2) is 6.56. The first-order valence-electron chi connectivity index (χ1n) is 6.46. The van der Waals surface area contributed by atoms with Gasteiger partial charge in [-0.25, -0.2) is 0 Å². The van der Waals surface area contributed by atoms with Crippen molar-refractivity contribution in [3.05, 3.63) is 32.7 Å². The van der Waals surface area contributed by atoms with Crippen LogP contribution in [0.4, 0.5) is 0 Å². The van der Waals surface area contributed by atoms with Crippen LogP contribution in [0.5, 0.6) is 0 Å². The molecular weight excluding hydrogens is 388 g/mol. The Bertz CT molecular complexity index is 488. The van der Waals surface area contributed by atoms with Crippen molar-refractivity contribution in [1.82, 2.24) is 9.80 Å². The maximum absolute atomic E-state index is 12.6. The van der Waals surface area contributed by atoms with Gasteiger partial charge in [0.1, 0.15) is 0 Å². The molecule has 110 valence electrons. The summed E-state index contributed by atoms with van der Waals surface area (Å²) < 4.78 is 1.72. The van der Waals surface area contributed by atoms with E-state index in [4.69, 9.17) is 0 Å². The highest BCUT2D eigenvalue weighted by Gasteiger charge is 2.34. The molecule has 6 heteroatoms. The predicted octanol–water partition coefficient (Wildman–Crippen LogP) is 2.35. The predicted molar refractivity (Wildman–Crippen MR) is 85.8 cm³/mol. The maximum Gasteiger partial charge on any atom is 0.254 e. The number of likely N-dealkylation sites (N-methyl/N-ethyl adjacent to an activating group) is 1. The van der Waals surface area contributed by atoms with Crippen molar-refractivity contribution < 1.29 is 9.90 Å². The van der Waals surface area contributed by atoms with E-state index in [-0.39, 0.29) is 11.9 Å². The van der Waals surface area contributed by atoms with Crippen molar-refractivity contribution >= 4 is 37.8 Å². The van der Waals surface area contributed by atoms with Crippen LogP contribution in [0.2, 0.25) is 0 Å². The lowest BCUT2D eigenvalue weighted by Gasteiger charge is -2.27. The number of carbonyl (C=O) groups is 1. The Balaban J connectivity index is 2.22. The minimum absolute atomic E-state index is 0.0320. The van der Waals surface area contributed by atoms with Crippen LogP contribution in [0.1, 0.15) is 16.8 Å². The Morgan fingerprint density at radius 1 is 1.35 bits per heavy atom. The largest absolute Gasteiger partial charge is 0.391 e. The van der Waals surface area contributed by atoms with Gasteiger partial charge in [0.05, 0.1) is 6.10 Å². The third-order valence-electron chi connectivity index (χ3n) is 3.34. The molecule has 1 N–H and O–H groups in total. The van der Waals surface area contributed by atoms with Crippen molar-refractivity contribution in [2.24, 2.45) is 0 Å². The second-order valence-electron chi connectivity index (χ2n) is 5.42. The summed E-state index contributed by atoms with van der Waals surface area (Å²) >= 11 is 6.80. The standard InChI is InChI=1S/C14H18Br2N2O2/c1-17(2)7-12-6-13(19)8-18(12)14(20)9-3-10(15)5-11(16)4-9/h3-5,12-13,19H,6-8H2,1-2H3. The van der Waals surface area contributed by atoms with Gasteiger partial charge in [-0.3, -0.25) is 4.79 Å². The number of amides is 1. The summed E-state index contributed by atoms with van der Waals surface area (Å²) in [6, 6.07) is 5.58. The number of aliphatic hydroxyl groups is 1. The van der Waals surface area contributed by atoms with Crippen molar-refractivity contribution in [3.63, 3.8) is 0 Å². The first-order valence-corrected chi connectivity index (χ1v) is 8.05. The molecule has 1 aliphatic rings. The number of halogens is 2. The van der Waals surface area contributed by atoms with Gasteiger partial charge in [-0.15, -0.1) is 0 Å². The molecule has 2 unspecified atom stereocenters. The van der Waals surface area contributed by atoms with E-state index >= 15 is 0 Å². The van der Waals surface area contributed by atoms with Gasteiger partial charge in [-0.05, 0) is 38.7 Å². The monoisotopic (exact) mass is 404 g/mol. The van der Waals surface area contributed by atoms with E-state index in [2.05, 4.69) is 31.9 Å². The second-order valence-corrected chi connectivity index (χ2v) is 7.25. The summed E-state index contributed by atoms with van der Waals surface area (Å²) in [5.41, 5.74) is 0.629. The normalized spacial score (nSPS) is 22.6. The topological polar surface area (TPSA) is 43.8 Å². The number of carbonyl (C=O) groups excluding carboxylic acids is 1. The molecule has 1 heterocycles. The minimum atomic E-state index is -0.431. The summed E-state index contributed by atoms with van der Waals surface area (Å²) in [5, 5.41) is 9.86. The quantitative estimate of drug-likeness (QED) is 0.839. The van der Waals surface area contributed by atoms with Crippen molar-refractivity contribution in [1.29, 1.82) is 0 Å². The van der Waals surface area contributed by atoms with Crippen molar-refractivity contribution in [2.75, 3.05) is 27.2 Å². The number of rotatable bonds is 3. The van der Waals surface area contributed by atoms with E-state index < -0.39 is 6.10 Å². The maximum atomic E-state index is 12.6. The van der Waals surface area contributed by atoms with Gasteiger partial charge in [-0.1, -0.05) is 31.9 Å². The molecule has 0 radical (unpaired) electrons. The third-order valence-corrected chi connectivity index (χ3v) is 4.25. The van der Waals surface area contributed by atoms with E-state index in [1.165, 1.54) is 0 Å². The molecule has 2 atom stereocenters. The van der Waals surface area contributed by atoms with Crippen LogP contribution < -0.4 is 0 Å². The molecule has 2 rings (SSSR count). The molecular formula is C14H18Br2N2O2. The molecule has 1 amide bonds. The highest BCUT2D eigenvalue weighted by molar-refractivity contribution is 9.11. The lowest BCUT2D eigenvalue weighted by atomic mass is 10.1. The molecule has 1 fully saturated rings. The summed E-state index contributed by atoms with van der Waals surface area (Å²) in [6.45, 7) is 1.17. The van der Waals surface area contributed by atoms with Gasteiger partial charge in [0.15, 0.2) is 0 Å². The average Bonchev–Trinajstić information content (AvgIpc) is 2.67. The third kappa shape index (κ3) is 3.81. The summed E-state index contributed by atoms with van der Waals surface area (Å²) in [6.07, 6.45) is 0.207. The lowest BCUT2D eigenvalue weighted by molar-refractivity contribution is 0.0699. The van der Waals surface area contributed by atoms with Crippen molar-refractivity contribution in [2.45, 2.75) is 18.6 Å². The Kier molecular flexibility index (Phi) is 5.23. The van der Waals surface area contributed by atoms with Crippen LogP contribution in [0, 0.1) is 0 Å². The van der Waals surface area contributed by atoms with Crippen LogP contribution in [0.15, 0.2) is 27.1 Å². The fourth-order valence-electron chi connectivity index (χ4n) is 2.58. The van der Waals surface area contributed by atoms with E-state index in [9.17, 15) is 9.90 Å². The Hall–Kier alpha value is -0.430. The number of β-amino-alcohol motifs (C(OH)–C–C–N with tert-alkyl or cyclic N) is 1. The van der Waals surface area contributed by atoms with E-state index in [1.54, 1.807) is 4.90 Å². The molecule has 0 aromatic heterocycles. The van der Waals surface area contributed by atoms with Crippen molar-refractivity contribution in [3.8, 4) is 0 Å². The summed E-state index contributed by atoms with van der Waals surface area (Å²) in [4.78, 5) is 16.5. The summed E-state index contributed by atoms with van der Waals surface area (Å²) in [5.74, 6) is -0.0320. The lowest BCUT2D eigenvalue weighted by Crippen LogP contribution is -2.41. The number of nitrogens with zero attached hydrogens (tertiary/aromatic N) is 2. The van der Waals surface area contributed by atoms with Gasteiger partial charge in [0.25, 0.3) is 5.91 Å². The van der Waals surface area contributed by atoms with Crippen LogP contribution >= 0.6 is 31.9 Å². The Morgan fingerprint density at radius 2 is 1.95 bits per heavy atom. The molecule has 20 heavy (non-hydrogen) atoms. The fraction of sp³-hybridized carbons (Fsp3) is 0.500. The molecule has 0 aliphatic carbocycles. The number of likely N-dealkylation sites (tertiary alicyclic amines) is 1. The molecule has 1 aromatic rings. The Morgan fingerprint density at radius 3 is 2.50 bits per heavy atom. The van der Waals surface area contributed by atoms with Gasteiger partial charge in [-0.2, -0.15) is 0 Å². The minimum Gasteiger partial charge on any atom is -0.391 e. The number of hydrogen-bond donors (Lipinski definition) is 1. The average molecular weight is 406 g/mol. The molecule has 4 nitrogen and oxygen atoms in total. The SMILES string of the molecule is CN(C)CC1CC(O)CN1C(=O)c1cc(Br)cc(Br)c1. The number of benzene rings is 1. The number of aliphatic hydroxyl groups excluding tert-OH is 1. The number of hydrogen-bond acceptors (Lipinski definition) is 3. The molecule has 0 saturated carbocycles. The van der Waals surface area contributed by atoms with Gasteiger partial charge >= 0.3 is 0 Å². The zero-order chi connectivity index (χ0) is 14.9. The van der Waals surface area contributed by atoms with E-state index in [1.807, 2.05) is 37.2 Å². The fourth-order valence-corrected chi connectivity index (χ4v) is 3.87.